The topological polar surface area (TPSA) is 68.0 Å². The molecule has 0 bridgehead atoms. The number of nitrogens with one attached hydrogen (secondary N) is 1. The molecule has 1 aliphatic rings. The van der Waals surface area contributed by atoms with E-state index in [9.17, 15) is 4.79 Å². The summed E-state index contributed by atoms with van der Waals surface area (Å²) in [5.41, 5.74) is 1.97. The second-order valence-electron chi connectivity index (χ2n) is 6.46. The Labute approximate surface area is 136 Å². The predicted octanol–water partition coefficient (Wildman–Crippen LogP) is 3.20. The molecule has 0 radical (unpaired) electrons. The van der Waals surface area contributed by atoms with Crippen LogP contribution < -0.4 is 5.32 Å². The minimum Gasteiger partial charge on any atom is -0.343 e. The molecule has 0 saturated heterocycles. The summed E-state index contributed by atoms with van der Waals surface area (Å²) in [7, 11) is 0. The van der Waals surface area contributed by atoms with Crippen LogP contribution >= 0.6 is 0 Å². The Morgan fingerprint density at radius 2 is 1.91 bits per heavy atom. The lowest BCUT2D eigenvalue weighted by molar-refractivity contribution is -0.123. The molecule has 3 rings (SSSR count). The maximum absolute atomic E-state index is 12.4. The molecular weight excluding hydrogens is 290 g/mol. The zero-order valence-electron chi connectivity index (χ0n) is 13.8. The molecule has 0 unspecified atom stereocenters. The van der Waals surface area contributed by atoms with Gasteiger partial charge in [-0.1, -0.05) is 47.8 Å². The van der Waals surface area contributed by atoms with Crippen LogP contribution in [0.2, 0.25) is 0 Å². The highest BCUT2D eigenvalue weighted by Crippen LogP contribution is 2.37. The van der Waals surface area contributed by atoms with Gasteiger partial charge in [-0.25, -0.2) is 0 Å². The molecule has 1 saturated carbocycles. The van der Waals surface area contributed by atoms with Crippen LogP contribution in [0.1, 0.15) is 54.9 Å². The lowest BCUT2D eigenvalue weighted by atomic mass is 9.96. The number of carbonyl (C=O) groups excluding carboxylic acids is 1. The molecule has 122 valence electrons. The first-order chi connectivity index (χ1) is 11.1. The molecule has 1 aromatic heterocycles. The number of amides is 1. The van der Waals surface area contributed by atoms with Gasteiger partial charge in [-0.15, -0.1) is 0 Å². The summed E-state index contributed by atoms with van der Waals surface area (Å²) in [6, 6.07) is 8.31. The number of nitrogens with zero attached hydrogens (tertiary/aromatic N) is 2. The summed E-state index contributed by atoms with van der Waals surface area (Å²) in [4.78, 5) is 16.8. The lowest BCUT2D eigenvalue weighted by Crippen LogP contribution is -2.44. The molecule has 1 aromatic carbocycles. The van der Waals surface area contributed by atoms with Crippen molar-refractivity contribution < 1.29 is 9.32 Å². The van der Waals surface area contributed by atoms with Crippen LogP contribution in [-0.2, 0) is 16.8 Å². The quantitative estimate of drug-likeness (QED) is 0.920. The second-order valence-corrected chi connectivity index (χ2v) is 6.46. The van der Waals surface area contributed by atoms with E-state index in [1.54, 1.807) is 6.92 Å². The number of hydrogen-bond donors (Lipinski definition) is 1. The van der Waals surface area contributed by atoms with E-state index in [2.05, 4.69) is 46.6 Å². The third-order valence-corrected chi connectivity index (χ3v) is 4.55. The summed E-state index contributed by atoms with van der Waals surface area (Å²) in [6.45, 7) is 3.84. The number of aryl methyl sites for hydroxylation is 3. The molecule has 0 aliphatic heterocycles. The summed E-state index contributed by atoms with van der Waals surface area (Å²) >= 11 is 0. The fourth-order valence-electron chi connectivity index (χ4n) is 3.22. The van der Waals surface area contributed by atoms with E-state index in [1.165, 1.54) is 11.1 Å². The number of hydrogen-bond acceptors (Lipinski definition) is 4. The SMILES string of the molecule is Cc1ccc(CCC(=O)NC2(c3noc(C)n3)CCCC2)cc1. The number of carbonyl (C=O) groups is 1. The number of benzene rings is 1. The van der Waals surface area contributed by atoms with Gasteiger partial charge >= 0.3 is 0 Å². The minimum atomic E-state index is -0.442. The van der Waals surface area contributed by atoms with Crippen molar-refractivity contribution in [1.82, 2.24) is 15.5 Å². The normalized spacial score (nSPS) is 16.4. The average Bonchev–Trinajstić information content (AvgIpc) is 3.17. The van der Waals surface area contributed by atoms with E-state index in [0.29, 0.717) is 18.1 Å². The van der Waals surface area contributed by atoms with Crippen LogP contribution in [0.15, 0.2) is 28.8 Å². The van der Waals surface area contributed by atoms with Gasteiger partial charge in [0.2, 0.25) is 11.8 Å². The van der Waals surface area contributed by atoms with Crippen molar-refractivity contribution >= 4 is 5.91 Å². The van der Waals surface area contributed by atoms with E-state index in [4.69, 9.17) is 4.52 Å². The second kappa shape index (κ2) is 6.52. The van der Waals surface area contributed by atoms with Gasteiger partial charge in [0.1, 0.15) is 5.54 Å². The van der Waals surface area contributed by atoms with Crippen molar-refractivity contribution in [3.05, 3.63) is 47.1 Å². The Hall–Kier alpha value is -2.17. The molecule has 0 spiro atoms. The predicted molar refractivity (Wildman–Crippen MR) is 86.8 cm³/mol. The van der Waals surface area contributed by atoms with Crippen molar-refractivity contribution in [2.24, 2.45) is 0 Å². The summed E-state index contributed by atoms with van der Waals surface area (Å²) < 4.78 is 5.11. The van der Waals surface area contributed by atoms with Crippen LogP contribution in [-0.4, -0.2) is 16.0 Å². The Balaban J connectivity index is 1.64. The molecule has 23 heavy (non-hydrogen) atoms. The third kappa shape index (κ3) is 3.60. The highest BCUT2D eigenvalue weighted by atomic mass is 16.5. The van der Waals surface area contributed by atoms with Crippen molar-refractivity contribution in [3.8, 4) is 0 Å². The van der Waals surface area contributed by atoms with Crippen molar-refractivity contribution in [1.29, 1.82) is 0 Å². The first-order valence-electron chi connectivity index (χ1n) is 8.25. The van der Waals surface area contributed by atoms with Crippen molar-refractivity contribution in [2.45, 2.75) is 57.9 Å². The minimum absolute atomic E-state index is 0.0509. The first kappa shape index (κ1) is 15.7. The molecule has 5 nitrogen and oxygen atoms in total. The van der Waals surface area contributed by atoms with Gasteiger partial charge in [0, 0.05) is 13.3 Å². The maximum atomic E-state index is 12.4. The van der Waals surface area contributed by atoms with Crippen LogP contribution in [0.4, 0.5) is 0 Å². The molecule has 2 aromatic rings. The van der Waals surface area contributed by atoms with Gasteiger partial charge in [0.15, 0.2) is 5.82 Å². The zero-order valence-corrected chi connectivity index (χ0v) is 13.8. The Kier molecular flexibility index (Phi) is 4.46. The summed E-state index contributed by atoms with van der Waals surface area (Å²) in [5.74, 6) is 1.21. The van der Waals surface area contributed by atoms with Gasteiger partial charge in [-0.2, -0.15) is 4.98 Å². The molecule has 1 amide bonds. The monoisotopic (exact) mass is 313 g/mol. The van der Waals surface area contributed by atoms with E-state index in [0.717, 1.165) is 32.1 Å². The molecule has 1 heterocycles. The number of aromatic nitrogens is 2. The molecule has 1 N–H and O–H groups in total. The van der Waals surface area contributed by atoms with E-state index in [1.807, 2.05) is 0 Å². The smallest absolute Gasteiger partial charge is 0.223 e. The number of rotatable bonds is 5. The van der Waals surface area contributed by atoms with Crippen molar-refractivity contribution in [3.63, 3.8) is 0 Å². The Morgan fingerprint density at radius 1 is 1.22 bits per heavy atom. The summed E-state index contributed by atoms with van der Waals surface area (Å²) in [5, 5.41) is 7.23. The standard InChI is InChI=1S/C18H23N3O2/c1-13-5-7-15(8-6-13)9-10-16(22)20-18(11-3-4-12-18)17-19-14(2)23-21-17/h5-8H,3-4,9-12H2,1-2H3,(H,20,22). The molecule has 1 fully saturated rings. The van der Waals surface area contributed by atoms with Gasteiger partial charge in [-0.05, 0) is 31.7 Å². The van der Waals surface area contributed by atoms with E-state index >= 15 is 0 Å². The van der Waals surface area contributed by atoms with E-state index in [-0.39, 0.29) is 5.91 Å². The zero-order chi connectivity index (χ0) is 16.3. The molecular formula is C18H23N3O2. The largest absolute Gasteiger partial charge is 0.343 e. The third-order valence-electron chi connectivity index (χ3n) is 4.55. The van der Waals surface area contributed by atoms with Gasteiger partial charge in [0.25, 0.3) is 0 Å². The highest BCUT2D eigenvalue weighted by Gasteiger charge is 2.41. The molecule has 5 heteroatoms. The van der Waals surface area contributed by atoms with Gasteiger partial charge in [-0.3, -0.25) is 4.79 Å². The van der Waals surface area contributed by atoms with Gasteiger partial charge in [0.05, 0.1) is 0 Å². The molecule has 1 aliphatic carbocycles. The van der Waals surface area contributed by atoms with Gasteiger partial charge < -0.3 is 9.84 Å². The van der Waals surface area contributed by atoms with Crippen LogP contribution in [0.25, 0.3) is 0 Å². The van der Waals surface area contributed by atoms with Crippen LogP contribution in [0.3, 0.4) is 0 Å². The average molecular weight is 313 g/mol. The van der Waals surface area contributed by atoms with Crippen LogP contribution in [0, 0.1) is 13.8 Å². The first-order valence-corrected chi connectivity index (χ1v) is 8.25. The molecule has 0 atom stereocenters. The fourth-order valence-corrected chi connectivity index (χ4v) is 3.22. The highest BCUT2D eigenvalue weighted by molar-refractivity contribution is 5.77. The van der Waals surface area contributed by atoms with Crippen LogP contribution in [0.5, 0.6) is 0 Å². The van der Waals surface area contributed by atoms with Crippen molar-refractivity contribution in [2.75, 3.05) is 0 Å². The maximum Gasteiger partial charge on any atom is 0.223 e. The van der Waals surface area contributed by atoms with E-state index < -0.39 is 5.54 Å². The lowest BCUT2D eigenvalue weighted by Gasteiger charge is -2.26. The Morgan fingerprint density at radius 3 is 2.52 bits per heavy atom. The fraction of sp³-hybridized carbons (Fsp3) is 0.500. The summed E-state index contributed by atoms with van der Waals surface area (Å²) in [6.07, 6.45) is 5.12. The Bertz CT molecular complexity index is 670.